The monoisotopic (exact) mass is 439 g/mol. The third-order valence-electron chi connectivity index (χ3n) is 5.13. The highest BCUT2D eigenvalue weighted by Gasteiger charge is 2.29. The molecule has 1 aliphatic carbocycles. The van der Waals surface area contributed by atoms with Crippen molar-refractivity contribution in [3.63, 3.8) is 0 Å². The molecule has 0 spiro atoms. The van der Waals surface area contributed by atoms with Crippen LogP contribution in [0.5, 0.6) is 0 Å². The minimum Gasteiger partial charge on any atom is -0.353 e. The predicted molar refractivity (Wildman–Crippen MR) is 120 cm³/mol. The van der Waals surface area contributed by atoms with E-state index in [2.05, 4.69) is 27.9 Å². The summed E-state index contributed by atoms with van der Waals surface area (Å²) in [6.45, 7) is 2.42. The van der Waals surface area contributed by atoms with Gasteiger partial charge in [-0.2, -0.15) is 0 Å². The first-order valence-electron chi connectivity index (χ1n) is 11.0. The number of nitrogens with zero attached hydrogens (tertiary/aromatic N) is 2. The molecule has 1 aromatic heterocycles. The summed E-state index contributed by atoms with van der Waals surface area (Å²) < 4.78 is 1.26. The summed E-state index contributed by atoms with van der Waals surface area (Å²) >= 11 is 0. The topological polar surface area (TPSA) is 122 Å². The Morgan fingerprint density at radius 3 is 2.47 bits per heavy atom. The van der Waals surface area contributed by atoms with Crippen molar-refractivity contribution >= 4 is 23.4 Å². The van der Waals surface area contributed by atoms with Gasteiger partial charge < -0.3 is 16.0 Å². The Morgan fingerprint density at radius 2 is 1.81 bits per heavy atom. The van der Waals surface area contributed by atoms with E-state index in [1.165, 1.54) is 17.0 Å². The van der Waals surface area contributed by atoms with Gasteiger partial charge in [0.05, 0.1) is 6.33 Å². The third-order valence-corrected chi connectivity index (χ3v) is 5.13. The lowest BCUT2D eigenvalue weighted by Gasteiger charge is -2.09. The minimum absolute atomic E-state index is 0.0171. The number of benzene rings is 1. The van der Waals surface area contributed by atoms with E-state index in [0.717, 1.165) is 37.8 Å². The number of anilines is 1. The van der Waals surface area contributed by atoms with E-state index >= 15 is 0 Å². The molecular formula is C23H29N5O4. The smallest absolute Gasteiger partial charge is 0.253 e. The average Bonchev–Trinajstić information content (AvgIpc) is 3.63. The Balaban J connectivity index is 1.37. The van der Waals surface area contributed by atoms with Crippen LogP contribution < -0.4 is 21.5 Å². The highest BCUT2D eigenvalue weighted by molar-refractivity contribution is 5.96. The number of nitrogens with one attached hydrogen (secondary N) is 3. The number of aromatic nitrogens is 2. The molecule has 1 aliphatic rings. The zero-order valence-electron chi connectivity index (χ0n) is 18.2. The molecule has 0 saturated heterocycles. The first kappa shape index (κ1) is 23.2. The Morgan fingerprint density at radius 1 is 1.09 bits per heavy atom. The number of unbranched alkanes of at least 4 members (excludes halogenated alkanes) is 1. The van der Waals surface area contributed by atoms with Gasteiger partial charge in [-0.15, -0.1) is 0 Å². The molecule has 0 atom stereocenters. The van der Waals surface area contributed by atoms with Crippen LogP contribution in [0.1, 0.15) is 48.7 Å². The summed E-state index contributed by atoms with van der Waals surface area (Å²) in [5, 5.41) is 8.22. The maximum absolute atomic E-state index is 12.2. The van der Waals surface area contributed by atoms with E-state index < -0.39 is 0 Å². The molecule has 3 N–H and O–H groups in total. The van der Waals surface area contributed by atoms with Crippen molar-refractivity contribution in [2.24, 2.45) is 5.92 Å². The van der Waals surface area contributed by atoms with Crippen LogP contribution in [0, 0.1) is 5.92 Å². The van der Waals surface area contributed by atoms with Crippen LogP contribution in [0.15, 0.2) is 41.5 Å². The lowest BCUT2D eigenvalue weighted by atomic mass is 10.2. The number of aryl methyl sites for hydroxylation is 1. The second kappa shape index (κ2) is 11.2. The zero-order chi connectivity index (χ0) is 22.9. The maximum atomic E-state index is 12.2. The zero-order valence-corrected chi connectivity index (χ0v) is 18.2. The van der Waals surface area contributed by atoms with E-state index in [1.807, 2.05) is 0 Å². The van der Waals surface area contributed by atoms with E-state index in [0.29, 0.717) is 11.3 Å². The fourth-order valence-electron chi connectivity index (χ4n) is 3.06. The number of hydrogen-bond acceptors (Lipinski definition) is 5. The summed E-state index contributed by atoms with van der Waals surface area (Å²) in [7, 11) is 0. The van der Waals surface area contributed by atoms with Crippen LogP contribution in [-0.2, 0) is 22.6 Å². The SMILES string of the molecule is CCCCc1cc(=O)n(CC(=O)NCCNC(=O)c2ccc(NC(=O)C3CC3)cc2)cn1. The van der Waals surface area contributed by atoms with E-state index in [-0.39, 0.29) is 48.8 Å². The van der Waals surface area contributed by atoms with Crippen molar-refractivity contribution in [1.29, 1.82) is 0 Å². The normalized spacial score (nSPS) is 12.8. The van der Waals surface area contributed by atoms with Crippen LogP contribution in [0.3, 0.4) is 0 Å². The number of amides is 3. The molecule has 170 valence electrons. The Kier molecular flexibility index (Phi) is 8.13. The maximum Gasteiger partial charge on any atom is 0.253 e. The third kappa shape index (κ3) is 7.04. The van der Waals surface area contributed by atoms with Gasteiger partial charge in [0, 0.05) is 42.0 Å². The molecule has 1 saturated carbocycles. The number of carbonyl (C=O) groups excluding carboxylic acids is 3. The largest absolute Gasteiger partial charge is 0.353 e. The summed E-state index contributed by atoms with van der Waals surface area (Å²) in [6, 6.07) is 8.12. The molecule has 3 amide bonds. The van der Waals surface area contributed by atoms with E-state index in [9.17, 15) is 19.2 Å². The molecule has 1 aromatic carbocycles. The fourth-order valence-corrected chi connectivity index (χ4v) is 3.06. The second-order valence-corrected chi connectivity index (χ2v) is 7.90. The van der Waals surface area contributed by atoms with Gasteiger partial charge in [0.25, 0.3) is 11.5 Å². The first-order chi connectivity index (χ1) is 15.5. The fraction of sp³-hybridized carbons (Fsp3) is 0.435. The molecule has 9 heteroatoms. The number of rotatable bonds is 11. The van der Waals surface area contributed by atoms with Crippen molar-refractivity contribution in [1.82, 2.24) is 20.2 Å². The Hall–Kier alpha value is -3.49. The van der Waals surface area contributed by atoms with Crippen LogP contribution in [-0.4, -0.2) is 40.4 Å². The van der Waals surface area contributed by atoms with Crippen LogP contribution in [0.25, 0.3) is 0 Å². The lowest BCUT2D eigenvalue weighted by Crippen LogP contribution is -2.37. The highest BCUT2D eigenvalue weighted by Crippen LogP contribution is 2.30. The number of carbonyl (C=O) groups is 3. The van der Waals surface area contributed by atoms with Crippen molar-refractivity contribution in [3.8, 4) is 0 Å². The van der Waals surface area contributed by atoms with Gasteiger partial charge in [-0.3, -0.25) is 23.7 Å². The summed E-state index contributed by atoms with van der Waals surface area (Å²) in [5.41, 5.74) is 1.59. The second-order valence-electron chi connectivity index (χ2n) is 7.90. The molecule has 0 aliphatic heterocycles. The van der Waals surface area contributed by atoms with Crippen molar-refractivity contribution in [3.05, 3.63) is 58.3 Å². The molecule has 1 fully saturated rings. The van der Waals surface area contributed by atoms with Crippen molar-refractivity contribution in [2.75, 3.05) is 18.4 Å². The molecular weight excluding hydrogens is 410 g/mol. The predicted octanol–water partition coefficient (Wildman–Crippen LogP) is 1.48. The summed E-state index contributed by atoms with van der Waals surface area (Å²) in [5.74, 6) is -0.473. The molecule has 0 bridgehead atoms. The minimum atomic E-state index is -0.333. The molecule has 3 rings (SSSR count). The first-order valence-corrected chi connectivity index (χ1v) is 11.0. The molecule has 2 aromatic rings. The van der Waals surface area contributed by atoms with Crippen LogP contribution >= 0.6 is 0 Å². The van der Waals surface area contributed by atoms with Crippen LogP contribution in [0.4, 0.5) is 5.69 Å². The van der Waals surface area contributed by atoms with Crippen molar-refractivity contribution < 1.29 is 14.4 Å². The lowest BCUT2D eigenvalue weighted by molar-refractivity contribution is -0.121. The molecule has 32 heavy (non-hydrogen) atoms. The van der Waals surface area contributed by atoms with E-state index in [4.69, 9.17) is 0 Å². The van der Waals surface area contributed by atoms with E-state index in [1.54, 1.807) is 24.3 Å². The Labute approximate surface area is 186 Å². The van der Waals surface area contributed by atoms with Gasteiger partial charge in [0.1, 0.15) is 6.54 Å². The van der Waals surface area contributed by atoms with Gasteiger partial charge in [-0.25, -0.2) is 4.98 Å². The Bertz CT molecular complexity index is 1010. The number of hydrogen-bond donors (Lipinski definition) is 3. The van der Waals surface area contributed by atoms with Gasteiger partial charge in [0.15, 0.2) is 0 Å². The van der Waals surface area contributed by atoms with Gasteiger partial charge in [-0.1, -0.05) is 13.3 Å². The molecule has 1 heterocycles. The highest BCUT2D eigenvalue weighted by atomic mass is 16.2. The molecule has 0 radical (unpaired) electrons. The quantitative estimate of drug-likeness (QED) is 0.458. The van der Waals surface area contributed by atoms with Gasteiger partial charge in [0.2, 0.25) is 11.8 Å². The van der Waals surface area contributed by atoms with Gasteiger partial charge >= 0.3 is 0 Å². The average molecular weight is 440 g/mol. The molecule has 0 unspecified atom stereocenters. The molecule has 9 nitrogen and oxygen atoms in total. The van der Waals surface area contributed by atoms with Crippen molar-refractivity contribution in [2.45, 2.75) is 45.6 Å². The summed E-state index contributed by atoms with van der Waals surface area (Å²) in [4.78, 5) is 52.4. The summed E-state index contributed by atoms with van der Waals surface area (Å²) in [6.07, 6.45) is 5.99. The van der Waals surface area contributed by atoms with Crippen LogP contribution in [0.2, 0.25) is 0 Å². The standard InChI is InChI=1S/C23H29N5O4/c1-2-3-4-19-13-21(30)28(15-26-19)14-20(29)24-11-12-25-22(31)16-7-9-18(10-8-16)27-23(32)17-5-6-17/h7-10,13,15,17H,2-6,11-12,14H2,1H3,(H,24,29)(H,25,31)(H,27,32). The van der Waals surface area contributed by atoms with Gasteiger partial charge in [-0.05, 0) is 49.9 Å².